The van der Waals surface area contributed by atoms with E-state index >= 15 is 0 Å². The van der Waals surface area contributed by atoms with Gasteiger partial charge in [-0.15, -0.1) is 0 Å². The lowest BCUT2D eigenvalue weighted by Crippen LogP contribution is -2.01. The van der Waals surface area contributed by atoms with Gasteiger partial charge in [-0.05, 0) is 12.8 Å². The molecule has 0 amide bonds. The van der Waals surface area contributed by atoms with Gasteiger partial charge in [0.2, 0.25) is 5.89 Å². The average molecular weight is 210 g/mol. The van der Waals surface area contributed by atoms with Gasteiger partial charge in [-0.2, -0.15) is 4.98 Å². The first-order valence-electron chi connectivity index (χ1n) is 6.02. The van der Waals surface area contributed by atoms with Crippen molar-refractivity contribution in [2.24, 2.45) is 0 Å². The fourth-order valence-electron chi connectivity index (χ4n) is 1.75. The molecule has 0 spiro atoms. The predicted molar refractivity (Wildman–Crippen MR) is 60.9 cm³/mol. The molecule has 3 heteroatoms. The third-order valence-corrected chi connectivity index (χ3v) is 2.59. The van der Waals surface area contributed by atoms with Crippen LogP contribution in [-0.2, 0) is 0 Å². The van der Waals surface area contributed by atoms with Crippen LogP contribution < -0.4 is 0 Å². The van der Waals surface area contributed by atoms with Crippen molar-refractivity contribution in [3.63, 3.8) is 0 Å². The van der Waals surface area contributed by atoms with Crippen molar-refractivity contribution in [2.45, 2.75) is 65.2 Å². The summed E-state index contributed by atoms with van der Waals surface area (Å²) in [5.74, 6) is 2.48. The second-order valence-electron chi connectivity index (χ2n) is 4.42. The van der Waals surface area contributed by atoms with E-state index in [0.717, 1.165) is 24.6 Å². The van der Waals surface area contributed by atoms with Gasteiger partial charge in [-0.25, -0.2) is 0 Å². The first kappa shape index (κ1) is 12.2. The predicted octanol–water partition coefficient (Wildman–Crippen LogP) is 3.88. The Morgan fingerprint density at radius 3 is 2.13 bits per heavy atom. The van der Waals surface area contributed by atoms with Crippen LogP contribution in [0.15, 0.2) is 4.52 Å². The highest BCUT2D eigenvalue weighted by molar-refractivity contribution is 4.97. The SMILES string of the molecule is CCCC(CCC)c1noc(C(C)C)n1. The van der Waals surface area contributed by atoms with Gasteiger partial charge < -0.3 is 4.52 Å². The Labute approximate surface area is 92.3 Å². The Bertz CT molecular complexity index is 275. The van der Waals surface area contributed by atoms with Crippen LogP contribution in [0, 0.1) is 0 Å². The normalized spacial score (nSPS) is 11.6. The molecule has 1 rings (SSSR count). The molecule has 1 heterocycles. The second-order valence-corrected chi connectivity index (χ2v) is 4.42. The minimum absolute atomic E-state index is 0.329. The molecule has 0 atom stereocenters. The molecule has 3 nitrogen and oxygen atoms in total. The molecular weight excluding hydrogens is 188 g/mol. The molecule has 1 aromatic rings. The largest absolute Gasteiger partial charge is 0.339 e. The standard InChI is InChI=1S/C12H22N2O/c1-5-7-10(8-6-2)11-13-12(9(3)4)15-14-11/h9-10H,5-8H2,1-4H3. The quantitative estimate of drug-likeness (QED) is 0.715. The topological polar surface area (TPSA) is 38.9 Å². The fraction of sp³-hybridized carbons (Fsp3) is 0.833. The Morgan fingerprint density at radius 1 is 1.13 bits per heavy atom. The van der Waals surface area contributed by atoms with E-state index in [4.69, 9.17) is 4.52 Å². The Balaban J connectivity index is 2.72. The van der Waals surface area contributed by atoms with E-state index in [-0.39, 0.29) is 0 Å². The van der Waals surface area contributed by atoms with Crippen LogP contribution in [0.4, 0.5) is 0 Å². The van der Waals surface area contributed by atoms with Gasteiger partial charge in [0.1, 0.15) is 0 Å². The van der Waals surface area contributed by atoms with Crippen LogP contribution in [0.3, 0.4) is 0 Å². The molecule has 15 heavy (non-hydrogen) atoms. The summed E-state index contributed by atoms with van der Waals surface area (Å²) in [6.45, 7) is 8.55. The van der Waals surface area contributed by atoms with Crippen molar-refractivity contribution in [1.82, 2.24) is 10.1 Å². The Kier molecular flexibility index (Phi) is 4.79. The van der Waals surface area contributed by atoms with Gasteiger partial charge in [-0.1, -0.05) is 45.7 Å². The van der Waals surface area contributed by atoms with Gasteiger partial charge in [0.25, 0.3) is 0 Å². The minimum atomic E-state index is 0.329. The van der Waals surface area contributed by atoms with Gasteiger partial charge in [-0.3, -0.25) is 0 Å². The summed E-state index contributed by atoms with van der Waals surface area (Å²) in [5, 5.41) is 4.09. The highest BCUT2D eigenvalue weighted by atomic mass is 16.5. The summed E-state index contributed by atoms with van der Waals surface area (Å²) in [7, 11) is 0. The summed E-state index contributed by atoms with van der Waals surface area (Å²) in [6, 6.07) is 0. The van der Waals surface area contributed by atoms with E-state index < -0.39 is 0 Å². The first-order valence-corrected chi connectivity index (χ1v) is 6.02. The van der Waals surface area contributed by atoms with E-state index in [0.29, 0.717) is 11.8 Å². The molecule has 0 aliphatic rings. The number of aromatic nitrogens is 2. The molecule has 0 unspecified atom stereocenters. The Hall–Kier alpha value is -0.860. The maximum absolute atomic E-state index is 5.24. The Morgan fingerprint density at radius 2 is 1.73 bits per heavy atom. The monoisotopic (exact) mass is 210 g/mol. The average Bonchev–Trinajstić information content (AvgIpc) is 2.66. The van der Waals surface area contributed by atoms with E-state index in [1.807, 2.05) is 0 Å². The summed E-state index contributed by atoms with van der Waals surface area (Å²) in [6.07, 6.45) is 4.67. The maximum atomic E-state index is 5.24. The smallest absolute Gasteiger partial charge is 0.229 e. The molecule has 1 aromatic heterocycles. The lowest BCUT2D eigenvalue weighted by Gasteiger charge is -2.09. The number of rotatable bonds is 6. The van der Waals surface area contributed by atoms with Crippen molar-refractivity contribution in [3.05, 3.63) is 11.7 Å². The second kappa shape index (κ2) is 5.89. The molecule has 0 aliphatic heterocycles. The van der Waals surface area contributed by atoms with Crippen LogP contribution >= 0.6 is 0 Å². The highest BCUT2D eigenvalue weighted by Gasteiger charge is 2.17. The van der Waals surface area contributed by atoms with E-state index in [9.17, 15) is 0 Å². The van der Waals surface area contributed by atoms with Crippen LogP contribution in [0.5, 0.6) is 0 Å². The number of hydrogen-bond acceptors (Lipinski definition) is 3. The number of nitrogens with zero attached hydrogens (tertiary/aromatic N) is 2. The van der Waals surface area contributed by atoms with Gasteiger partial charge in [0, 0.05) is 11.8 Å². The van der Waals surface area contributed by atoms with Gasteiger partial charge in [0.05, 0.1) is 0 Å². The zero-order valence-electron chi connectivity index (χ0n) is 10.3. The van der Waals surface area contributed by atoms with Crippen molar-refractivity contribution in [1.29, 1.82) is 0 Å². The summed E-state index contributed by atoms with van der Waals surface area (Å²) in [5.41, 5.74) is 0. The van der Waals surface area contributed by atoms with Gasteiger partial charge in [0.15, 0.2) is 5.82 Å². The third-order valence-electron chi connectivity index (χ3n) is 2.59. The number of hydrogen-bond donors (Lipinski definition) is 0. The van der Waals surface area contributed by atoms with Crippen molar-refractivity contribution >= 4 is 0 Å². The van der Waals surface area contributed by atoms with E-state index in [1.54, 1.807) is 0 Å². The molecule has 0 N–H and O–H groups in total. The summed E-state index contributed by atoms with van der Waals surface area (Å²) >= 11 is 0. The summed E-state index contributed by atoms with van der Waals surface area (Å²) < 4.78 is 5.24. The van der Waals surface area contributed by atoms with Crippen molar-refractivity contribution in [2.75, 3.05) is 0 Å². The maximum Gasteiger partial charge on any atom is 0.229 e. The van der Waals surface area contributed by atoms with Crippen LogP contribution in [0.2, 0.25) is 0 Å². The molecular formula is C12H22N2O. The lowest BCUT2D eigenvalue weighted by molar-refractivity contribution is 0.355. The fourth-order valence-corrected chi connectivity index (χ4v) is 1.75. The molecule has 0 radical (unpaired) electrons. The molecule has 86 valence electrons. The molecule has 0 saturated carbocycles. The zero-order valence-corrected chi connectivity index (χ0v) is 10.3. The van der Waals surface area contributed by atoms with Crippen molar-refractivity contribution < 1.29 is 4.52 Å². The molecule has 0 bridgehead atoms. The molecule has 0 aromatic carbocycles. The summed E-state index contributed by atoms with van der Waals surface area (Å²) in [4.78, 5) is 4.47. The third kappa shape index (κ3) is 3.33. The van der Waals surface area contributed by atoms with Gasteiger partial charge >= 0.3 is 0 Å². The minimum Gasteiger partial charge on any atom is -0.339 e. The van der Waals surface area contributed by atoms with E-state index in [1.165, 1.54) is 12.8 Å². The van der Waals surface area contributed by atoms with Crippen LogP contribution in [-0.4, -0.2) is 10.1 Å². The van der Waals surface area contributed by atoms with E-state index in [2.05, 4.69) is 37.8 Å². The van der Waals surface area contributed by atoms with Crippen molar-refractivity contribution in [3.8, 4) is 0 Å². The van der Waals surface area contributed by atoms with Crippen LogP contribution in [0.25, 0.3) is 0 Å². The molecule has 0 fully saturated rings. The lowest BCUT2D eigenvalue weighted by atomic mass is 9.98. The first-order chi connectivity index (χ1) is 7.19. The molecule has 0 saturated heterocycles. The van der Waals surface area contributed by atoms with Crippen LogP contribution in [0.1, 0.15) is 76.9 Å². The highest BCUT2D eigenvalue weighted by Crippen LogP contribution is 2.25. The zero-order chi connectivity index (χ0) is 11.3. The molecule has 0 aliphatic carbocycles.